The van der Waals surface area contributed by atoms with E-state index in [2.05, 4.69) is 5.32 Å². The fraction of sp³-hybridized carbons (Fsp3) is 0.500. The van der Waals surface area contributed by atoms with E-state index in [1.807, 2.05) is 12.2 Å². The van der Waals surface area contributed by atoms with E-state index < -0.39 is 33.8 Å². The Morgan fingerprint density at radius 1 is 1.13 bits per heavy atom. The zero-order valence-corrected chi connectivity index (χ0v) is 19.1. The van der Waals surface area contributed by atoms with E-state index in [0.29, 0.717) is 37.2 Å². The van der Waals surface area contributed by atoms with Gasteiger partial charge >= 0.3 is 0 Å². The minimum atomic E-state index is -3.69. The van der Waals surface area contributed by atoms with E-state index in [-0.39, 0.29) is 16.7 Å². The maximum Gasteiger partial charge on any atom is 0.247 e. The molecular weight excluding hydrogens is 418 g/mol. The summed E-state index contributed by atoms with van der Waals surface area (Å²) in [5.74, 6) is -1.99. The molecule has 3 atom stereocenters. The number of rotatable bonds is 7. The molecule has 1 aliphatic carbocycles. The quantitative estimate of drug-likeness (QED) is 0.510. The van der Waals surface area contributed by atoms with Crippen LogP contribution in [-0.4, -0.2) is 54.5 Å². The van der Waals surface area contributed by atoms with E-state index in [1.165, 1.54) is 23.4 Å². The van der Waals surface area contributed by atoms with Gasteiger partial charge in [-0.05, 0) is 44.4 Å². The summed E-state index contributed by atoms with van der Waals surface area (Å²) in [6.45, 7) is 7.46. The van der Waals surface area contributed by atoms with Crippen molar-refractivity contribution < 1.29 is 22.8 Å². The van der Waals surface area contributed by atoms with Crippen molar-refractivity contribution in [1.82, 2.24) is 9.21 Å². The summed E-state index contributed by atoms with van der Waals surface area (Å²) in [7, 11) is -3.69. The summed E-state index contributed by atoms with van der Waals surface area (Å²) in [5.41, 5.74) is 1.01. The van der Waals surface area contributed by atoms with Gasteiger partial charge in [-0.1, -0.05) is 32.1 Å². The van der Waals surface area contributed by atoms with Crippen molar-refractivity contribution in [2.75, 3.05) is 18.4 Å². The van der Waals surface area contributed by atoms with Gasteiger partial charge in [0, 0.05) is 18.8 Å². The lowest BCUT2D eigenvalue weighted by molar-refractivity contribution is -0.146. The normalized spacial score (nSPS) is 22.0. The number of aryl methyl sites for hydroxylation is 1. The largest absolute Gasteiger partial charge is 0.324 e. The Balaban J connectivity index is 1.82. The van der Waals surface area contributed by atoms with Gasteiger partial charge in [-0.3, -0.25) is 19.3 Å². The summed E-state index contributed by atoms with van der Waals surface area (Å²) in [4.78, 5) is 39.6. The van der Waals surface area contributed by atoms with Crippen molar-refractivity contribution in [2.24, 2.45) is 11.8 Å². The number of amides is 3. The van der Waals surface area contributed by atoms with Crippen LogP contribution in [0.25, 0.3) is 0 Å². The van der Waals surface area contributed by atoms with E-state index in [9.17, 15) is 22.8 Å². The first-order chi connectivity index (χ1) is 14.6. The Bertz CT molecular complexity index is 1000. The maximum absolute atomic E-state index is 12.9. The molecule has 1 heterocycles. The predicted molar refractivity (Wildman–Crippen MR) is 117 cm³/mol. The fourth-order valence-corrected chi connectivity index (χ4v) is 5.66. The second-order valence-corrected chi connectivity index (χ2v) is 9.87. The molecule has 1 aromatic rings. The number of anilines is 1. The van der Waals surface area contributed by atoms with Crippen LogP contribution in [-0.2, 0) is 24.4 Å². The molecule has 3 rings (SSSR count). The van der Waals surface area contributed by atoms with Crippen molar-refractivity contribution in [1.29, 1.82) is 0 Å². The molecule has 2 aliphatic rings. The third-order valence-electron chi connectivity index (χ3n) is 6.12. The highest BCUT2D eigenvalue weighted by Gasteiger charge is 2.50. The van der Waals surface area contributed by atoms with Crippen LogP contribution < -0.4 is 5.32 Å². The molecule has 0 unspecified atom stereocenters. The van der Waals surface area contributed by atoms with Gasteiger partial charge < -0.3 is 5.32 Å². The molecule has 1 N–H and O–H groups in total. The Hall–Kier alpha value is -2.52. The second kappa shape index (κ2) is 8.92. The highest BCUT2D eigenvalue weighted by molar-refractivity contribution is 7.89. The molecule has 0 aromatic heterocycles. The average Bonchev–Trinajstić information content (AvgIpc) is 3.00. The lowest BCUT2D eigenvalue weighted by Crippen LogP contribution is -2.46. The highest BCUT2D eigenvalue weighted by Crippen LogP contribution is 2.36. The van der Waals surface area contributed by atoms with Gasteiger partial charge in [0.05, 0.1) is 16.7 Å². The summed E-state index contributed by atoms with van der Waals surface area (Å²) < 4.78 is 27.0. The number of carbonyl (C=O) groups is 3. The smallest absolute Gasteiger partial charge is 0.247 e. The zero-order chi connectivity index (χ0) is 22.9. The molecule has 31 heavy (non-hydrogen) atoms. The molecular formula is C22H29N3O5S. The van der Waals surface area contributed by atoms with Crippen molar-refractivity contribution >= 4 is 33.4 Å². The molecule has 0 bridgehead atoms. The number of nitrogens with one attached hydrogen (secondary N) is 1. The number of sulfonamides is 1. The molecule has 168 valence electrons. The summed E-state index contributed by atoms with van der Waals surface area (Å²) in [6, 6.07) is 3.56. The van der Waals surface area contributed by atoms with Crippen molar-refractivity contribution in [3.63, 3.8) is 0 Å². The van der Waals surface area contributed by atoms with Gasteiger partial charge in [-0.25, -0.2) is 8.42 Å². The third-order valence-corrected chi connectivity index (χ3v) is 8.16. The van der Waals surface area contributed by atoms with Gasteiger partial charge in [0.15, 0.2) is 0 Å². The second-order valence-electron chi connectivity index (χ2n) is 7.93. The minimum absolute atomic E-state index is 0.0789. The number of fused-ring (bicyclic) bond motifs is 1. The van der Waals surface area contributed by atoms with Crippen LogP contribution in [0, 0.1) is 18.8 Å². The molecule has 8 nitrogen and oxygen atoms in total. The number of hydrogen-bond donors (Lipinski definition) is 1. The van der Waals surface area contributed by atoms with Gasteiger partial charge in [-0.2, -0.15) is 4.31 Å². The summed E-state index contributed by atoms with van der Waals surface area (Å²) in [5, 5.41) is 2.71. The monoisotopic (exact) mass is 447 g/mol. The number of imide groups is 1. The lowest BCUT2D eigenvalue weighted by atomic mass is 9.85. The fourth-order valence-electron chi connectivity index (χ4n) is 4.17. The zero-order valence-electron chi connectivity index (χ0n) is 18.3. The van der Waals surface area contributed by atoms with Crippen LogP contribution in [0.4, 0.5) is 5.69 Å². The summed E-state index contributed by atoms with van der Waals surface area (Å²) >= 11 is 0. The number of carbonyl (C=O) groups excluding carboxylic acids is 3. The SMILES string of the molecule is CCN(CC)S(=O)(=O)c1ccc(C)c(NC(=O)[C@@H](C)N2C(=O)[C@H]3CC=CC[C@H]3C2=O)c1. The molecule has 1 fully saturated rings. The summed E-state index contributed by atoms with van der Waals surface area (Å²) in [6.07, 6.45) is 4.80. The molecule has 0 saturated carbocycles. The van der Waals surface area contributed by atoms with Gasteiger partial charge in [-0.15, -0.1) is 0 Å². The van der Waals surface area contributed by atoms with Crippen LogP contribution in [0.2, 0.25) is 0 Å². The molecule has 3 amide bonds. The van der Waals surface area contributed by atoms with Crippen LogP contribution >= 0.6 is 0 Å². The van der Waals surface area contributed by atoms with Crippen LogP contribution in [0.15, 0.2) is 35.2 Å². The highest BCUT2D eigenvalue weighted by atomic mass is 32.2. The van der Waals surface area contributed by atoms with Crippen LogP contribution in [0.5, 0.6) is 0 Å². The lowest BCUT2D eigenvalue weighted by Gasteiger charge is -2.23. The van der Waals surface area contributed by atoms with Gasteiger partial charge in [0.1, 0.15) is 6.04 Å². The number of allylic oxidation sites excluding steroid dienone is 2. The molecule has 1 aromatic carbocycles. The van der Waals surface area contributed by atoms with E-state index >= 15 is 0 Å². The Labute approximate surface area is 183 Å². The number of likely N-dealkylation sites (tertiary alicyclic amines) is 1. The molecule has 0 radical (unpaired) electrons. The average molecular weight is 448 g/mol. The molecule has 0 spiro atoms. The Morgan fingerprint density at radius 2 is 1.68 bits per heavy atom. The Morgan fingerprint density at radius 3 is 2.19 bits per heavy atom. The first-order valence-corrected chi connectivity index (χ1v) is 12.0. The van der Waals surface area contributed by atoms with Crippen molar-refractivity contribution in [2.45, 2.75) is 51.5 Å². The third kappa shape index (κ3) is 4.16. The first kappa shape index (κ1) is 23.1. The number of nitrogens with zero attached hydrogens (tertiary/aromatic N) is 2. The standard InChI is InChI=1S/C22H29N3O5S/c1-5-24(6-2)31(29,30)16-12-11-14(3)19(13-16)23-20(26)15(4)25-21(27)17-9-7-8-10-18(17)22(25)28/h7-8,11-13,15,17-18H,5-6,9-10H2,1-4H3,(H,23,26)/t15-,17-,18+/m1/s1. The van der Waals surface area contributed by atoms with Crippen molar-refractivity contribution in [3.8, 4) is 0 Å². The topological polar surface area (TPSA) is 104 Å². The van der Waals surface area contributed by atoms with Crippen LogP contribution in [0.1, 0.15) is 39.2 Å². The van der Waals surface area contributed by atoms with E-state index in [1.54, 1.807) is 26.8 Å². The maximum atomic E-state index is 12.9. The Kier molecular flexibility index (Phi) is 6.66. The number of hydrogen-bond acceptors (Lipinski definition) is 5. The molecule has 1 aliphatic heterocycles. The predicted octanol–water partition coefficient (Wildman–Crippen LogP) is 2.30. The molecule has 9 heteroatoms. The molecule has 1 saturated heterocycles. The van der Waals surface area contributed by atoms with Crippen molar-refractivity contribution in [3.05, 3.63) is 35.9 Å². The van der Waals surface area contributed by atoms with E-state index in [0.717, 1.165) is 4.90 Å². The van der Waals surface area contributed by atoms with Crippen LogP contribution in [0.3, 0.4) is 0 Å². The van der Waals surface area contributed by atoms with Gasteiger partial charge in [0.25, 0.3) is 0 Å². The van der Waals surface area contributed by atoms with E-state index in [4.69, 9.17) is 0 Å². The van der Waals surface area contributed by atoms with Gasteiger partial charge in [0.2, 0.25) is 27.7 Å². The minimum Gasteiger partial charge on any atom is -0.324 e. The number of benzene rings is 1. The first-order valence-electron chi connectivity index (χ1n) is 10.6.